The summed E-state index contributed by atoms with van der Waals surface area (Å²) in [5.74, 6) is -0.843. The Morgan fingerprint density at radius 3 is 2.46 bits per heavy atom. The van der Waals surface area contributed by atoms with Crippen molar-refractivity contribution in [2.75, 3.05) is 19.0 Å². The van der Waals surface area contributed by atoms with Crippen molar-refractivity contribution >= 4 is 52.0 Å². The summed E-state index contributed by atoms with van der Waals surface area (Å²) in [6, 6.07) is 12.9. The second kappa shape index (κ2) is 10.4. The summed E-state index contributed by atoms with van der Waals surface area (Å²) in [6.07, 6.45) is 1.24. The number of thioether (sulfide) groups is 1. The van der Waals surface area contributed by atoms with Gasteiger partial charge in [-0.15, -0.1) is 0 Å². The molecule has 8 nitrogen and oxygen atoms in total. The van der Waals surface area contributed by atoms with E-state index in [1.165, 1.54) is 11.0 Å². The van der Waals surface area contributed by atoms with Crippen LogP contribution in [0.1, 0.15) is 25.5 Å². The summed E-state index contributed by atoms with van der Waals surface area (Å²) < 4.78 is 10.5. The van der Waals surface area contributed by atoms with Gasteiger partial charge < -0.3 is 14.8 Å². The lowest BCUT2D eigenvalue weighted by molar-refractivity contribution is -0.139. The summed E-state index contributed by atoms with van der Waals surface area (Å²) in [6.45, 7) is 3.58. The van der Waals surface area contributed by atoms with Gasteiger partial charge in [-0.05, 0) is 67.6 Å². The minimum Gasteiger partial charge on any atom is -0.497 e. The van der Waals surface area contributed by atoms with Crippen molar-refractivity contribution in [2.45, 2.75) is 19.9 Å². The fraction of sp³-hybridized carbons (Fsp3) is 0.200. The number of aliphatic imine (C=N–C) groups is 1. The van der Waals surface area contributed by atoms with E-state index in [2.05, 4.69) is 10.3 Å². The molecule has 2 heterocycles. The van der Waals surface area contributed by atoms with Crippen molar-refractivity contribution in [3.05, 3.63) is 81.4 Å². The number of amidine groups is 1. The number of nitrogens with zero attached hydrogens (tertiary/aromatic N) is 2. The Morgan fingerprint density at radius 1 is 1.14 bits per heavy atom. The topological polar surface area (TPSA) is 97.3 Å². The normalized spacial score (nSPS) is 17.3. The molecule has 1 atom stereocenters. The SMILES string of the molecule is CCOC(=O)C1=C(C)N=C2SC(C(=O)Nc3ccc(Cl)cc3)=CC(=O)N2[C@@H]1c1ccc(OC)cc1. The van der Waals surface area contributed by atoms with Crippen molar-refractivity contribution in [1.82, 2.24) is 4.90 Å². The standard InChI is InChI=1S/C25H22ClN3O5S/c1-4-34-24(32)21-14(2)27-25-29(22(21)15-5-11-18(33-3)12-6-15)20(30)13-19(35-25)23(31)28-17-9-7-16(26)8-10-17/h5-13,22H,4H2,1-3H3,(H,28,31)/t22-/m1/s1. The van der Waals surface area contributed by atoms with Crippen LogP contribution < -0.4 is 10.1 Å². The highest BCUT2D eigenvalue weighted by Gasteiger charge is 2.42. The van der Waals surface area contributed by atoms with E-state index in [1.807, 2.05) is 0 Å². The number of halogens is 1. The Bertz CT molecular complexity index is 1270. The van der Waals surface area contributed by atoms with Gasteiger partial charge in [0.15, 0.2) is 5.17 Å². The number of esters is 1. The number of amides is 2. The Hall–Kier alpha value is -3.56. The summed E-state index contributed by atoms with van der Waals surface area (Å²) in [7, 11) is 1.56. The maximum absolute atomic E-state index is 13.3. The molecule has 0 saturated carbocycles. The van der Waals surface area contributed by atoms with Gasteiger partial charge in [-0.1, -0.05) is 23.7 Å². The van der Waals surface area contributed by atoms with Gasteiger partial charge in [0.2, 0.25) is 0 Å². The number of allylic oxidation sites excluding steroid dienone is 1. The molecule has 4 rings (SSSR count). The number of rotatable bonds is 6. The molecule has 0 fully saturated rings. The number of hydrogen-bond acceptors (Lipinski definition) is 7. The van der Waals surface area contributed by atoms with Gasteiger partial charge in [-0.3, -0.25) is 14.5 Å². The number of methoxy groups -OCH3 is 1. The third-order valence-corrected chi connectivity index (χ3v) is 6.58. The second-order valence-electron chi connectivity index (χ2n) is 7.57. The highest BCUT2D eigenvalue weighted by Crippen LogP contribution is 2.42. The molecule has 0 spiro atoms. The molecule has 2 amide bonds. The largest absolute Gasteiger partial charge is 0.497 e. The van der Waals surface area contributed by atoms with E-state index in [0.717, 1.165) is 11.8 Å². The highest BCUT2D eigenvalue weighted by molar-refractivity contribution is 8.18. The predicted molar refractivity (Wildman–Crippen MR) is 135 cm³/mol. The smallest absolute Gasteiger partial charge is 0.338 e. The summed E-state index contributed by atoms with van der Waals surface area (Å²) >= 11 is 6.96. The number of carbonyl (C=O) groups excluding carboxylic acids is 3. The quantitative estimate of drug-likeness (QED) is 0.565. The average molecular weight is 512 g/mol. The molecule has 0 saturated heterocycles. The van der Waals surface area contributed by atoms with Crippen LogP contribution in [0.3, 0.4) is 0 Å². The lowest BCUT2D eigenvalue weighted by Crippen LogP contribution is -2.45. The van der Waals surface area contributed by atoms with E-state index in [-0.39, 0.29) is 17.1 Å². The Labute approximate surface area is 211 Å². The number of carbonyl (C=O) groups is 3. The molecule has 180 valence electrons. The molecule has 0 bridgehead atoms. The molecule has 0 unspecified atom stereocenters. The van der Waals surface area contributed by atoms with Crippen LogP contribution in [0.4, 0.5) is 5.69 Å². The first-order chi connectivity index (χ1) is 16.8. The van der Waals surface area contributed by atoms with Gasteiger partial charge in [-0.2, -0.15) is 0 Å². The van der Waals surface area contributed by atoms with Crippen LogP contribution in [0.15, 0.2) is 75.8 Å². The monoisotopic (exact) mass is 511 g/mol. The minimum atomic E-state index is -0.774. The van der Waals surface area contributed by atoms with Gasteiger partial charge in [0.25, 0.3) is 11.8 Å². The molecule has 2 aliphatic rings. The fourth-order valence-corrected chi connectivity index (χ4v) is 4.81. The molecule has 10 heteroatoms. The number of hydrogen-bond donors (Lipinski definition) is 1. The lowest BCUT2D eigenvalue weighted by Gasteiger charge is -2.38. The van der Waals surface area contributed by atoms with E-state index in [1.54, 1.807) is 69.5 Å². The zero-order valence-corrected chi connectivity index (χ0v) is 20.8. The van der Waals surface area contributed by atoms with Crippen LogP contribution in [0.25, 0.3) is 0 Å². The van der Waals surface area contributed by atoms with Crippen molar-refractivity contribution in [3.8, 4) is 5.75 Å². The van der Waals surface area contributed by atoms with Crippen LogP contribution in [0.2, 0.25) is 5.02 Å². The molecule has 1 N–H and O–H groups in total. The van der Waals surface area contributed by atoms with Crippen LogP contribution in [0.5, 0.6) is 5.75 Å². The minimum absolute atomic E-state index is 0.180. The summed E-state index contributed by atoms with van der Waals surface area (Å²) in [5.41, 5.74) is 1.89. The summed E-state index contributed by atoms with van der Waals surface area (Å²) in [5, 5.41) is 3.59. The van der Waals surface area contributed by atoms with Gasteiger partial charge in [0.1, 0.15) is 5.75 Å². The van der Waals surface area contributed by atoms with E-state index < -0.39 is 23.8 Å². The predicted octanol–water partition coefficient (Wildman–Crippen LogP) is 4.69. The van der Waals surface area contributed by atoms with Crippen molar-refractivity contribution in [3.63, 3.8) is 0 Å². The number of ether oxygens (including phenoxy) is 2. The van der Waals surface area contributed by atoms with Gasteiger partial charge in [0.05, 0.1) is 35.9 Å². The molecule has 0 aliphatic carbocycles. The van der Waals surface area contributed by atoms with Crippen molar-refractivity contribution in [2.24, 2.45) is 4.99 Å². The molecule has 35 heavy (non-hydrogen) atoms. The maximum Gasteiger partial charge on any atom is 0.338 e. The van der Waals surface area contributed by atoms with Crippen LogP contribution >= 0.6 is 23.4 Å². The van der Waals surface area contributed by atoms with Gasteiger partial charge in [-0.25, -0.2) is 9.79 Å². The Kier molecular flexibility index (Phi) is 7.28. The molecule has 0 aromatic heterocycles. The van der Waals surface area contributed by atoms with E-state index in [4.69, 9.17) is 21.1 Å². The van der Waals surface area contributed by atoms with Crippen molar-refractivity contribution in [1.29, 1.82) is 0 Å². The van der Waals surface area contributed by atoms with Gasteiger partial charge in [0, 0.05) is 16.8 Å². The van der Waals surface area contributed by atoms with E-state index >= 15 is 0 Å². The zero-order chi connectivity index (χ0) is 25.1. The number of anilines is 1. The molecular weight excluding hydrogens is 490 g/mol. The van der Waals surface area contributed by atoms with E-state index in [9.17, 15) is 14.4 Å². The first kappa shape index (κ1) is 24.6. The number of benzene rings is 2. The fourth-order valence-electron chi connectivity index (χ4n) is 3.71. The first-order valence-corrected chi connectivity index (χ1v) is 11.9. The average Bonchev–Trinajstić information content (AvgIpc) is 2.84. The number of fused-ring (bicyclic) bond motifs is 1. The Morgan fingerprint density at radius 2 is 1.83 bits per heavy atom. The van der Waals surface area contributed by atoms with E-state index in [0.29, 0.717) is 32.9 Å². The third-order valence-electron chi connectivity index (χ3n) is 5.34. The van der Waals surface area contributed by atoms with Crippen LogP contribution in [-0.2, 0) is 19.1 Å². The number of nitrogens with one attached hydrogen (secondary N) is 1. The summed E-state index contributed by atoms with van der Waals surface area (Å²) in [4.78, 5) is 45.2. The second-order valence-corrected chi connectivity index (χ2v) is 9.02. The molecule has 2 aromatic rings. The molecule has 2 aromatic carbocycles. The highest BCUT2D eigenvalue weighted by atomic mass is 35.5. The van der Waals surface area contributed by atoms with Crippen LogP contribution in [0, 0.1) is 0 Å². The van der Waals surface area contributed by atoms with Crippen molar-refractivity contribution < 1.29 is 23.9 Å². The molecule has 0 radical (unpaired) electrons. The molecular formula is C25H22ClN3O5S. The molecule has 2 aliphatic heterocycles. The lowest BCUT2D eigenvalue weighted by atomic mass is 9.94. The first-order valence-electron chi connectivity index (χ1n) is 10.7. The zero-order valence-electron chi connectivity index (χ0n) is 19.2. The van der Waals surface area contributed by atoms with Crippen LogP contribution in [-0.4, -0.2) is 41.6 Å². The Balaban J connectivity index is 1.71. The third kappa shape index (κ3) is 5.11. The van der Waals surface area contributed by atoms with Gasteiger partial charge >= 0.3 is 5.97 Å². The maximum atomic E-state index is 13.3.